The van der Waals surface area contributed by atoms with Crippen molar-refractivity contribution in [2.45, 2.75) is 13.0 Å². The molecule has 4 nitrogen and oxygen atoms in total. The highest BCUT2D eigenvalue weighted by molar-refractivity contribution is 5.99. The predicted octanol–water partition coefficient (Wildman–Crippen LogP) is 2.25. The Morgan fingerprint density at radius 1 is 1.00 bits per heavy atom. The summed E-state index contributed by atoms with van der Waals surface area (Å²) in [4.78, 5) is 14.0. The summed E-state index contributed by atoms with van der Waals surface area (Å²) in [6.45, 7) is 5.36. The van der Waals surface area contributed by atoms with Crippen LogP contribution in [-0.2, 0) is 17.8 Å². The Balaban J connectivity index is 1.56. The second-order valence-corrected chi connectivity index (χ2v) is 6.32. The fourth-order valence-corrected chi connectivity index (χ4v) is 3.37. The van der Waals surface area contributed by atoms with Crippen molar-refractivity contribution in [3.05, 3.63) is 53.6 Å². The number of hydrogen-bond donors (Lipinski definition) is 2. The Labute approximate surface area is 136 Å². The summed E-state index contributed by atoms with van der Waals surface area (Å²) in [5, 5.41) is 6.32. The van der Waals surface area contributed by atoms with Gasteiger partial charge in [0.1, 0.15) is 0 Å². The molecule has 1 amide bonds. The van der Waals surface area contributed by atoms with Gasteiger partial charge in [0.2, 0.25) is 5.91 Å². The van der Waals surface area contributed by atoms with Gasteiger partial charge in [0, 0.05) is 38.4 Å². The maximum absolute atomic E-state index is 11.5. The summed E-state index contributed by atoms with van der Waals surface area (Å²) >= 11 is 0. The van der Waals surface area contributed by atoms with E-state index in [4.69, 9.17) is 0 Å². The van der Waals surface area contributed by atoms with Gasteiger partial charge in [-0.25, -0.2) is 0 Å². The highest BCUT2D eigenvalue weighted by Crippen LogP contribution is 2.29. The van der Waals surface area contributed by atoms with E-state index in [0.29, 0.717) is 6.42 Å². The second kappa shape index (κ2) is 6.14. The zero-order valence-electron chi connectivity index (χ0n) is 13.1. The van der Waals surface area contributed by atoms with E-state index >= 15 is 0 Å². The van der Waals surface area contributed by atoms with E-state index in [1.165, 1.54) is 11.1 Å². The van der Waals surface area contributed by atoms with Crippen LogP contribution in [-0.4, -0.2) is 37.0 Å². The van der Waals surface area contributed by atoms with Gasteiger partial charge in [0.05, 0.1) is 6.42 Å². The number of anilines is 1. The molecule has 23 heavy (non-hydrogen) atoms. The molecule has 0 bridgehead atoms. The van der Waals surface area contributed by atoms with Gasteiger partial charge in [-0.05, 0) is 34.4 Å². The maximum Gasteiger partial charge on any atom is 0.228 e. The lowest BCUT2D eigenvalue weighted by atomic mass is 10.0. The Hall–Kier alpha value is -2.17. The van der Waals surface area contributed by atoms with Gasteiger partial charge in [0.15, 0.2) is 0 Å². The van der Waals surface area contributed by atoms with Crippen LogP contribution in [0.2, 0.25) is 0 Å². The van der Waals surface area contributed by atoms with Gasteiger partial charge in [-0.15, -0.1) is 0 Å². The first-order valence-electron chi connectivity index (χ1n) is 8.23. The Morgan fingerprint density at radius 3 is 2.70 bits per heavy atom. The van der Waals surface area contributed by atoms with Gasteiger partial charge in [-0.1, -0.05) is 30.3 Å². The minimum atomic E-state index is 0.0876. The summed E-state index contributed by atoms with van der Waals surface area (Å²) in [6.07, 6.45) is 0.499. The standard InChI is InChI=1S/C19H21N3O/c23-19-12-17-5-4-16(11-18(17)21-19)15-3-1-2-14(10-15)13-22-8-6-20-7-9-22/h1-5,10-11,20H,6-9,12-13H2,(H,21,23). The smallest absolute Gasteiger partial charge is 0.228 e. The normalized spacial score (nSPS) is 17.8. The maximum atomic E-state index is 11.5. The molecule has 2 aliphatic heterocycles. The van der Waals surface area contributed by atoms with Crippen LogP contribution >= 0.6 is 0 Å². The molecule has 0 aliphatic carbocycles. The first kappa shape index (κ1) is 14.4. The van der Waals surface area contributed by atoms with Crippen LogP contribution in [0.1, 0.15) is 11.1 Å². The van der Waals surface area contributed by atoms with Crippen LogP contribution < -0.4 is 10.6 Å². The molecular weight excluding hydrogens is 286 g/mol. The Morgan fingerprint density at radius 2 is 1.83 bits per heavy atom. The molecule has 0 saturated carbocycles. The summed E-state index contributed by atoms with van der Waals surface area (Å²) in [5.74, 6) is 0.0876. The Bertz CT molecular complexity index is 735. The quantitative estimate of drug-likeness (QED) is 0.914. The van der Waals surface area contributed by atoms with E-state index in [1.54, 1.807) is 0 Å². The largest absolute Gasteiger partial charge is 0.326 e. The van der Waals surface area contributed by atoms with Gasteiger partial charge >= 0.3 is 0 Å². The number of amides is 1. The van der Waals surface area contributed by atoms with Crippen LogP contribution in [0, 0.1) is 0 Å². The number of nitrogens with one attached hydrogen (secondary N) is 2. The second-order valence-electron chi connectivity index (χ2n) is 6.32. The first-order valence-corrected chi connectivity index (χ1v) is 8.23. The fourth-order valence-electron chi connectivity index (χ4n) is 3.37. The van der Waals surface area contributed by atoms with Gasteiger partial charge in [-0.3, -0.25) is 9.69 Å². The van der Waals surface area contributed by atoms with Crippen molar-refractivity contribution in [2.24, 2.45) is 0 Å². The molecule has 0 radical (unpaired) electrons. The third-order valence-corrected chi connectivity index (χ3v) is 4.61. The molecule has 4 heteroatoms. The lowest BCUT2D eigenvalue weighted by Gasteiger charge is -2.27. The monoisotopic (exact) mass is 307 g/mol. The molecule has 2 aromatic carbocycles. The third-order valence-electron chi connectivity index (χ3n) is 4.61. The van der Waals surface area contributed by atoms with Crippen LogP contribution in [0.3, 0.4) is 0 Å². The molecular formula is C19H21N3O. The molecule has 2 aliphatic rings. The van der Waals surface area contributed by atoms with Crippen molar-refractivity contribution in [1.29, 1.82) is 0 Å². The molecule has 4 rings (SSSR count). The molecule has 118 valence electrons. The van der Waals surface area contributed by atoms with E-state index in [9.17, 15) is 4.79 Å². The molecule has 1 fully saturated rings. The van der Waals surface area contributed by atoms with E-state index in [1.807, 2.05) is 0 Å². The lowest BCUT2D eigenvalue weighted by Crippen LogP contribution is -2.42. The van der Waals surface area contributed by atoms with Crippen molar-refractivity contribution in [1.82, 2.24) is 10.2 Å². The van der Waals surface area contributed by atoms with Crippen LogP contribution in [0.15, 0.2) is 42.5 Å². The topological polar surface area (TPSA) is 44.4 Å². The zero-order chi connectivity index (χ0) is 15.6. The van der Waals surface area contributed by atoms with Crippen molar-refractivity contribution >= 4 is 11.6 Å². The SMILES string of the molecule is O=C1Cc2ccc(-c3cccc(CN4CCNCC4)c3)cc2N1. The van der Waals surface area contributed by atoms with Crippen LogP contribution in [0.25, 0.3) is 11.1 Å². The number of nitrogens with zero attached hydrogens (tertiary/aromatic N) is 1. The van der Waals surface area contributed by atoms with E-state index < -0.39 is 0 Å². The van der Waals surface area contributed by atoms with Crippen LogP contribution in [0.4, 0.5) is 5.69 Å². The molecule has 2 N–H and O–H groups in total. The highest BCUT2D eigenvalue weighted by Gasteiger charge is 2.17. The molecule has 2 heterocycles. The lowest BCUT2D eigenvalue weighted by molar-refractivity contribution is -0.115. The number of benzene rings is 2. The van der Waals surface area contributed by atoms with Crippen molar-refractivity contribution in [3.63, 3.8) is 0 Å². The van der Waals surface area contributed by atoms with E-state index in [2.05, 4.69) is 58.0 Å². The van der Waals surface area contributed by atoms with Gasteiger partial charge in [-0.2, -0.15) is 0 Å². The van der Waals surface area contributed by atoms with Crippen LogP contribution in [0.5, 0.6) is 0 Å². The number of carbonyl (C=O) groups is 1. The number of hydrogen-bond acceptors (Lipinski definition) is 3. The summed E-state index contributed by atoms with van der Waals surface area (Å²) < 4.78 is 0. The molecule has 1 saturated heterocycles. The third kappa shape index (κ3) is 3.14. The summed E-state index contributed by atoms with van der Waals surface area (Å²) in [7, 11) is 0. The number of fused-ring (bicyclic) bond motifs is 1. The van der Waals surface area contributed by atoms with Crippen molar-refractivity contribution < 1.29 is 4.79 Å². The van der Waals surface area contributed by atoms with Crippen molar-refractivity contribution in [3.8, 4) is 11.1 Å². The fraction of sp³-hybridized carbons (Fsp3) is 0.316. The number of piperazine rings is 1. The van der Waals surface area contributed by atoms with E-state index in [0.717, 1.165) is 49.5 Å². The molecule has 0 atom stereocenters. The Kier molecular flexibility index (Phi) is 3.85. The number of carbonyl (C=O) groups excluding carboxylic acids is 1. The van der Waals surface area contributed by atoms with Crippen molar-refractivity contribution in [2.75, 3.05) is 31.5 Å². The van der Waals surface area contributed by atoms with E-state index in [-0.39, 0.29) is 5.91 Å². The number of rotatable bonds is 3. The van der Waals surface area contributed by atoms with Gasteiger partial charge < -0.3 is 10.6 Å². The zero-order valence-corrected chi connectivity index (χ0v) is 13.1. The highest BCUT2D eigenvalue weighted by atomic mass is 16.1. The average molecular weight is 307 g/mol. The first-order chi connectivity index (χ1) is 11.3. The minimum Gasteiger partial charge on any atom is -0.326 e. The van der Waals surface area contributed by atoms with Gasteiger partial charge in [0.25, 0.3) is 0 Å². The summed E-state index contributed by atoms with van der Waals surface area (Å²) in [6, 6.07) is 15.0. The molecule has 2 aromatic rings. The minimum absolute atomic E-state index is 0.0876. The molecule has 0 unspecified atom stereocenters. The summed E-state index contributed by atoms with van der Waals surface area (Å²) in [5.41, 5.74) is 5.76. The molecule has 0 aromatic heterocycles. The average Bonchev–Trinajstić information content (AvgIpc) is 2.95. The predicted molar refractivity (Wildman–Crippen MR) is 92.4 cm³/mol. The molecule has 0 spiro atoms.